The van der Waals surface area contributed by atoms with Gasteiger partial charge in [-0.15, -0.1) is 0 Å². The van der Waals surface area contributed by atoms with Crippen LogP contribution in [0.3, 0.4) is 0 Å². The highest BCUT2D eigenvalue weighted by Gasteiger charge is 2.13. The highest BCUT2D eigenvalue weighted by molar-refractivity contribution is 9.10. The molecule has 0 unspecified atom stereocenters. The average molecular weight is 383 g/mol. The van der Waals surface area contributed by atoms with E-state index in [1.165, 1.54) is 0 Å². The van der Waals surface area contributed by atoms with Gasteiger partial charge in [0.2, 0.25) is 0 Å². The molecule has 4 rings (SSSR count). The summed E-state index contributed by atoms with van der Waals surface area (Å²) in [5, 5.41) is 2.00. The number of furan rings is 1. The number of hydrogen-bond acceptors (Lipinski definition) is 3. The number of rotatable bonds is 3. The zero-order valence-electron chi connectivity index (χ0n) is 13.1. The minimum absolute atomic E-state index is 0.315. The van der Waals surface area contributed by atoms with Gasteiger partial charge in [-0.25, -0.2) is 4.79 Å². The van der Waals surface area contributed by atoms with E-state index in [9.17, 15) is 4.79 Å². The lowest BCUT2D eigenvalue weighted by Gasteiger charge is -2.05. The van der Waals surface area contributed by atoms with Crippen molar-refractivity contribution < 1.29 is 8.83 Å². The Kier molecular flexibility index (Phi) is 3.77. The van der Waals surface area contributed by atoms with Crippen LogP contribution in [0.5, 0.6) is 0 Å². The molecule has 2 aromatic carbocycles. The fourth-order valence-electron chi connectivity index (χ4n) is 3.08. The molecule has 0 aliphatic heterocycles. The minimum Gasteiger partial charge on any atom is -0.464 e. The lowest BCUT2D eigenvalue weighted by molar-refractivity contribution is 0.557. The molecule has 0 amide bonds. The molecule has 0 saturated heterocycles. The van der Waals surface area contributed by atoms with E-state index in [4.69, 9.17) is 8.83 Å². The molecule has 2 heterocycles. The normalized spacial score (nSPS) is 11.4. The maximum Gasteiger partial charge on any atom is 0.336 e. The van der Waals surface area contributed by atoms with Crippen LogP contribution >= 0.6 is 15.9 Å². The summed E-state index contributed by atoms with van der Waals surface area (Å²) in [6.07, 6.45) is 3.57. The molecule has 0 aliphatic rings. The van der Waals surface area contributed by atoms with Gasteiger partial charge < -0.3 is 8.83 Å². The standard InChI is InChI=1S/C20H15BrO3/c1-2-3-13-8-20(22)24-19-10-18-16(9-15(13)19)17(11-23-18)12-4-6-14(21)7-5-12/h4-11H,2-3H2,1H3. The van der Waals surface area contributed by atoms with Gasteiger partial charge in [0.25, 0.3) is 0 Å². The van der Waals surface area contributed by atoms with Crippen LogP contribution in [0.4, 0.5) is 0 Å². The number of aryl methyl sites for hydroxylation is 1. The van der Waals surface area contributed by atoms with Crippen LogP contribution in [0.2, 0.25) is 0 Å². The summed E-state index contributed by atoms with van der Waals surface area (Å²) in [6.45, 7) is 2.10. The van der Waals surface area contributed by atoms with Crippen molar-refractivity contribution in [3.63, 3.8) is 0 Å². The van der Waals surface area contributed by atoms with Gasteiger partial charge >= 0.3 is 5.63 Å². The van der Waals surface area contributed by atoms with Gasteiger partial charge in [0, 0.05) is 32.9 Å². The predicted octanol–water partition coefficient (Wildman–Crippen LogP) is 5.92. The Labute approximate surface area is 147 Å². The molecule has 0 radical (unpaired) electrons. The predicted molar refractivity (Wildman–Crippen MR) is 99.4 cm³/mol. The Morgan fingerprint density at radius 3 is 2.54 bits per heavy atom. The summed E-state index contributed by atoms with van der Waals surface area (Å²) in [7, 11) is 0. The molecular formula is C20H15BrO3. The topological polar surface area (TPSA) is 43.4 Å². The van der Waals surface area contributed by atoms with Crippen LogP contribution in [-0.4, -0.2) is 0 Å². The first-order valence-corrected chi connectivity index (χ1v) is 8.69. The highest BCUT2D eigenvalue weighted by Crippen LogP contribution is 2.34. The van der Waals surface area contributed by atoms with E-state index in [1.807, 2.05) is 18.2 Å². The summed E-state index contributed by atoms with van der Waals surface area (Å²) in [6, 6.07) is 13.6. The van der Waals surface area contributed by atoms with Crippen molar-refractivity contribution in [2.24, 2.45) is 0 Å². The Morgan fingerprint density at radius 1 is 1.00 bits per heavy atom. The van der Waals surface area contributed by atoms with Crippen LogP contribution in [0.15, 0.2) is 66.8 Å². The first-order chi connectivity index (χ1) is 11.7. The van der Waals surface area contributed by atoms with E-state index >= 15 is 0 Å². The van der Waals surface area contributed by atoms with Crippen LogP contribution in [0, 0.1) is 0 Å². The zero-order valence-corrected chi connectivity index (χ0v) is 14.7. The molecule has 24 heavy (non-hydrogen) atoms. The van der Waals surface area contributed by atoms with Crippen LogP contribution in [0.25, 0.3) is 33.1 Å². The monoisotopic (exact) mass is 382 g/mol. The molecule has 120 valence electrons. The molecule has 0 saturated carbocycles. The second-order valence-electron chi connectivity index (χ2n) is 5.84. The smallest absolute Gasteiger partial charge is 0.336 e. The summed E-state index contributed by atoms with van der Waals surface area (Å²) in [5.41, 5.74) is 4.13. The van der Waals surface area contributed by atoms with E-state index < -0.39 is 0 Å². The van der Waals surface area contributed by atoms with E-state index in [0.29, 0.717) is 5.58 Å². The van der Waals surface area contributed by atoms with E-state index in [-0.39, 0.29) is 5.63 Å². The van der Waals surface area contributed by atoms with Crippen molar-refractivity contribution >= 4 is 37.9 Å². The molecule has 2 aromatic heterocycles. The third kappa shape index (κ3) is 2.57. The molecule has 0 aliphatic carbocycles. The summed E-state index contributed by atoms with van der Waals surface area (Å²) in [4.78, 5) is 11.8. The maximum absolute atomic E-state index is 11.8. The van der Waals surface area contributed by atoms with Crippen molar-refractivity contribution in [2.45, 2.75) is 19.8 Å². The number of hydrogen-bond donors (Lipinski definition) is 0. The fraction of sp³-hybridized carbons (Fsp3) is 0.150. The molecule has 4 aromatic rings. The van der Waals surface area contributed by atoms with Gasteiger partial charge in [-0.2, -0.15) is 0 Å². The maximum atomic E-state index is 11.8. The molecule has 0 fully saturated rings. The van der Waals surface area contributed by atoms with Crippen LogP contribution < -0.4 is 5.63 Å². The van der Waals surface area contributed by atoms with Gasteiger partial charge in [0.05, 0.1) is 6.26 Å². The van der Waals surface area contributed by atoms with Crippen molar-refractivity contribution in [1.82, 2.24) is 0 Å². The van der Waals surface area contributed by atoms with Crippen LogP contribution in [0.1, 0.15) is 18.9 Å². The van der Waals surface area contributed by atoms with Crippen molar-refractivity contribution in [3.8, 4) is 11.1 Å². The number of benzene rings is 2. The van der Waals surface area contributed by atoms with Crippen molar-refractivity contribution in [2.75, 3.05) is 0 Å². The Morgan fingerprint density at radius 2 is 1.79 bits per heavy atom. The first kappa shape index (κ1) is 15.2. The van der Waals surface area contributed by atoms with Gasteiger partial charge in [0.15, 0.2) is 0 Å². The minimum atomic E-state index is -0.315. The van der Waals surface area contributed by atoms with Gasteiger partial charge in [-0.1, -0.05) is 41.4 Å². The molecule has 0 N–H and O–H groups in total. The highest BCUT2D eigenvalue weighted by atomic mass is 79.9. The number of halogens is 1. The third-order valence-corrected chi connectivity index (χ3v) is 4.73. The van der Waals surface area contributed by atoms with Crippen molar-refractivity contribution in [1.29, 1.82) is 0 Å². The zero-order chi connectivity index (χ0) is 16.7. The van der Waals surface area contributed by atoms with E-state index in [2.05, 4.69) is 41.1 Å². The first-order valence-electron chi connectivity index (χ1n) is 7.89. The Hall–Kier alpha value is -2.33. The summed E-state index contributed by atoms with van der Waals surface area (Å²) in [5.74, 6) is 0. The Balaban J connectivity index is 2.00. The second-order valence-corrected chi connectivity index (χ2v) is 6.76. The SMILES string of the molecule is CCCc1cc(=O)oc2cc3occ(-c4ccc(Br)cc4)c3cc12. The average Bonchev–Trinajstić information content (AvgIpc) is 2.97. The molecular weight excluding hydrogens is 368 g/mol. The summed E-state index contributed by atoms with van der Waals surface area (Å²) < 4.78 is 12.1. The quantitative estimate of drug-likeness (QED) is 0.413. The molecule has 0 bridgehead atoms. The van der Waals surface area contributed by atoms with Crippen LogP contribution in [-0.2, 0) is 6.42 Å². The molecule has 4 heteroatoms. The fourth-order valence-corrected chi connectivity index (χ4v) is 3.34. The van der Waals surface area contributed by atoms with E-state index in [1.54, 1.807) is 12.3 Å². The third-order valence-electron chi connectivity index (χ3n) is 4.20. The van der Waals surface area contributed by atoms with Gasteiger partial charge in [-0.05, 0) is 35.7 Å². The van der Waals surface area contributed by atoms with Gasteiger partial charge in [0.1, 0.15) is 11.2 Å². The van der Waals surface area contributed by atoms with Gasteiger partial charge in [-0.3, -0.25) is 0 Å². The van der Waals surface area contributed by atoms with E-state index in [0.717, 1.165) is 50.4 Å². The molecule has 3 nitrogen and oxygen atoms in total. The lowest BCUT2D eigenvalue weighted by Crippen LogP contribution is -2.00. The summed E-state index contributed by atoms with van der Waals surface area (Å²) >= 11 is 3.46. The molecule has 0 spiro atoms. The largest absolute Gasteiger partial charge is 0.464 e. The second kappa shape index (κ2) is 5.95. The Bertz CT molecular complexity index is 1090. The number of fused-ring (bicyclic) bond motifs is 2. The lowest BCUT2D eigenvalue weighted by atomic mass is 10.0. The van der Waals surface area contributed by atoms with Crippen molar-refractivity contribution in [3.05, 3.63) is 69.2 Å². The molecule has 0 atom stereocenters.